The molecular formula is C28H37FN2O3. The number of ether oxygens (including phenoxy) is 2. The lowest BCUT2D eigenvalue weighted by atomic mass is 9.68. The average Bonchev–Trinajstić information content (AvgIpc) is 2.85. The average molecular weight is 469 g/mol. The second-order valence-electron chi connectivity index (χ2n) is 9.96. The Morgan fingerprint density at radius 1 is 1.09 bits per heavy atom. The summed E-state index contributed by atoms with van der Waals surface area (Å²) in [5, 5.41) is 3.39. The number of hydrogen-bond donors (Lipinski definition) is 1. The second-order valence-corrected chi connectivity index (χ2v) is 9.96. The van der Waals surface area contributed by atoms with Crippen molar-refractivity contribution in [3.63, 3.8) is 0 Å². The summed E-state index contributed by atoms with van der Waals surface area (Å²) in [5.41, 5.74) is 1.79. The van der Waals surface area contributed by atoms with E-state index in [9.17, 15) is 9.18 Å². The predicted octanol–water partition coefficient (Wildman–Crippen LogP) is 4.83. The number of methoxy groups -OCH3 is 2. The number of benzene rings is 2. The maximum atomic E-state index is 14.7. The van der Waals surface area contributed by atoms with Crippen LogP contribution in [0.2, 0.25) is 0 Å². The van der Waals surface area contributed by atoms with Crippen LogP contribution in [0.25, 0.3) is 11.1 Å². The van der Waals surface area contributed by atoms with E-state index < -0.39 is 5.41 Å². The lowest BCUT2D eigenvalue weighted by Crippen LogP contribution is -2.51. The second kappa shape index (κ2) is 10.9. The molecule has 1 amide bonds. The van der Waals surface area contributed by atoms with Crippen LogP contribution >= 0.6 is 0 Å². The molecule has 2 aromatic carbocycles. The third kappa shape index (κ3) is 5.44. The molecular weight excluding hydrogens is 431 g/mol. The highest BCUT2D eigenvalue weighted by molar-refractivity contribution is 5.83. The van der Waals surface area contributed by atoms with Crippen molar-refractivity contribution in [2.45, 2.75) is 57.1 Å². The number of halogens is 1. The number of rotatable bonds is 7. The zero-order chi connectivity index (χ0) is 24.1. The Bertz CT molecular complexity index is 979. The first-order chi connectivity index (χ1) is 16.4. The van der Waals surface area contributed by atoms with Crippen LogP contribution < -0.4 is 10.1 Å². The van der Waals surface area contributed by atoms with Gasteiger partial charge < -0.3 is 19.7 Å². The highest BCUT2D eigenvalue weighted by Crippen LogP contribution is 2.42. The topological polar surface area (TPSA) is 50.8 Å². The molecule has 6 heteroatoms. The van der Waals surface area contributed by atoms with Crippen molar-refractivity contribution in [1.82, 2.24) is 10.2 Å². The summed E-state index contributed by atoms with van der Waals surface area (Å²) in [4.78, 5) is 16.0. The van der Waals surface area contributed by atoms with Crippen molar-refractivity contribution in [3.8, 4) is 16.9 Å². The maximum Gasteiger partial charge on any atom is 0.226 e. The summed E-state index contributed by atoms with van der Waals surface area (Å²) < 4.78 is 25.7. The zero-order valence-electron chi connectivity index (χ0n) is 20.6. The van der Waals surface area contributed by atoms with Gasteiger partial charge in [0.05, 0.1) is 24.2 Å². The van der Waals surface area contributed by atoms with Gasteiger partial charge in [0.1, 0.15) is 11.6 Å². The van der Waals surface area contributed by atoms with Crippen LogP contribution in [0.15, 0.2) is 42.5 Å². The fraction of sp³-hybridized carbons (Fsp3) is 0.536. The minimum atomic E-state index is -0.476. The van der Waals surface area contributed by atoms with Crippen molar-refractivity contribution in [3.05, 3.63) is 53.8 Å². The predicted molar refractivity (Wildman–Crippen MR) is 132 cm³/mol. The molecule has 0 spiro atoms. The van der Waals surface area contributed by atoms with Crippen molar-refractivity contribution in [2.24, 2.45) is 5.41 Å². The molecule has 2 aromatic rings. The van der Waals surface area contributed by atoms with Crippen LogP contribution in [0.4, 0.5) is 4.39 Å². The van der Waals surface area contributed by atoms with Crippen molar-refractivity contribution < 1.29 is 18.7 Å². The molecule has 1 heterocycles. The third-order valence-electron chi connectivity index (χ3n) is 7.71. The van der Waals surface area contributed by atoms with Crippen LogP contribution in [0.5, 0.6) is 5.75 Å². The molecule has 0 radical (unpaired) electrons. The fourth-order valence-electron chi connectivity index (χ4n) is 5.54. The lowest BCUT2D eigenvalue weighted by Gasteiger charge is -2.40. The van der Waals surface area contributed by atoms with Gasteiger partial charge in [-0.15, -0.1) is 0 Å². The number of nitrogens with zero attached hydrogens (tertiary/aromatic N) is 1. The van der Waals surface area contributed by atoms with Crippen LogP contribution in [-0.4, -0.2) is 57.3 Å². The minimum absolute atomic E-state index is 0.158. The Balaban J connectivity index is 1.59. The SMILES string of the molecule is COc1cccc(F)c1-c1cccc(CC2(C(=O)NC3CCN(C)CC3)CCC(OC)CC2)c1. The summed E-state index contributed by atoms with van der Waals surface area (Å²) in [6.07, 6.45) is 6.14. The first-order valence-corrected chi connectivity index (χ1v) is 12.4. The minimum Gasteiger partial charge on any atom is -0.496 e. The smallest absolute Gasteiger partial charge is 0.226 e. The van der Waals surface area contributed by atoms with Gasteiger partial charge in [0.25, 0.3) is 0 Å². The van der Waals surface area contributed by atoms with E-state index in [0.717, 1.165) is 62.7 Å². The van der Waals surface area contributed by atoms with Crippen LogP contribution in [0.1, 0.15) is 44.1 Å². The number of likely N-dealkylation sites (tertiary alicyclic amines) is 1. The monoisotopic (exact) mass is 468 g/mol. The number of hydrogen-bond acceptors (Lipinski definition) is 4. The molecule has 0 bridgehead atoms. The number of amides is 1. The Morgan fingerprint density at radius 2 is 1.79 bits per heavy atom. The number of carbonyl (C=O) groups is 1. The molecule has 0 aromatic heterocycles. The summed E-state index contributed by atoms with van der Waals surface area (Å²) >= 11 is 0. The van der Waals surface area contributed by atoms with E-state index in [-0.39, 0.29) is 23.9 Å². The normalized spacial score (nSPS) is 24.1. The molecule has 1 aliphatic heterocycles. The Kier molecular flexibility index (Phi) is 7.89. The molecule has 1 N–H and O–H groups in total. The maximum absolute atomic E-state index is 14.7. The lowest BCUT2D eigenvalue weighted by molar-refractivity contribution is -0.135. The Morgan fingerprint density at radius 3 is 2.47 bits per heavy atom. The Hall–Kier alpha value is -2.44. The largest absolute Gasteiger partial charge is 0.496 e. The van der Waals surface area contributed by atoms with Gasteiger partial charge in [-0.25, -0.2) is 4.39 Å². The van der Waals surface area contributed by atoms with Gasteiger partial charge in [-0.1, -0.05) is 30.3 Å². The quantitative estimate of drug-likeness (QED) is 0.633. The summed E-state index contributed by atoms with van der Waals surface area (Å²) in [7, 11) is 5.43. The van der Waals surface area contributed by atoms with Crippen LogP contribution in [0.3, 0.4) is 0 Å². The van der Waals surface area contributed by atoms with Gasteiger partial charge in [0, 0.05) is 13.2 Å². The molecule has 2 aliphatic rings. The Labute approximate surface area is 202 Å². The molecule has 0 atom stereocenters. The summed E-state index contributed by atoms with van der Waals surface area (Å²) in [6, 6.07) is 13.0. The van der Waals surface area contributed by atoms with Crippen molar-refractivity contribution >= 4 is 5.91 Å². The number of nitrogens with one attached hydrogen (secondary N) is 1. The van der Waals surface area contributed by atoms with Crippen molar-refractivity contribution in [1.29, 1.82) is 0 Å². The van der Waals surface area contributed by atoms with Gasteiger partial charge in [-0.05, 0) is 88.3 Å². The first-order valence-electron chi connectivity index (χ1n) is 12.4. The van der Waals surface area contributed by atoms with E-state index in [0.29, 0.717) is 17.7 Å². The molecule has 34 heavy (non-hydrogen) atoms. The summed E-state index contributed by atoms with van der Waals surface area (Å²) in [5.74, 6) is 0.352. The fourth-order valence-corrected chi connectivity index (χ4v) is 5.54. The van der Waals surface area contributed by atoms with Gasteiger partial charge in [-0.2, -0.15) is 0 Å². The van der Waals surface area contributed by atoms with E-state index in [1.165, 1.54) is 6.07 Å². The highest BCUT2D eigenvalue weighted by atomic mass is 19.1. The molecule has 1 saturated heterocycles. The van der Waals surface area contributed by atoms with Gasteiger partial charge in [-0.3, -0.25) is 4.79 Å². The van der Waals surface area contributed by atoms with Crippen LogP contribution in [-0.2, 0) is 16.0 Å². The molecule has 184 valence electrons. The van der Waals surface area contributed by atoms with E-state index in [4.69, 9.17) is 9.47 Å². The molecule has 0 unspecified atom stereocenters. The zero-order valence-corrected chi connectivity index (χ0v) is 20.6. The van der Waals surface area contributed by atoms with Gasteiger partial charge >= 0.3 is 0 Å². The molecule has 4 rings (SSSR count). The van der Waals surface area contributed by atoms with E-state index in [1.54, 1.807) is 26.4 Å². The van der Waals surface area contributed by atoms with E-state index in [2.05, 4.69) is 17.3 Å². The third-order valence-corrected chi connectivity index (χ3v) is 7.71. The van der Waals surface area contributed by atoms with E-state index >= 15 is 0 Å². The first kappa shape index (κ1) is 24.7. The van der Waals surface area contributed by atoms with Crippen LogP contribution in [0, 0.1) is 11.2 Å². The summed E-state index contributed by atoms with van der Waals surface area (Å²) in [6.45, 7) is 2.02. The highest BCUT2D eigenvalue weighted by Gasteiger charge is 2.42. The molecule has 2 fully saturated rings. The van der Waals surface area contributed by atoms with Gasteiger partial charge in [0.2, 0.25) is 5.91 Å². The molecule has 5 nitrogen and oxygen atoms in total. The van der Waals surface area contributed by atoms with Gasteiger partial charge in [0.15, 0.2) is 0 Å². The molecule has 1 aliphatic carbocycles. The van der Waals surface area contributed by atoms with E-state index in [1.807, 2.05) is 24.3 Å². The number of carbonyl (C=O) groups excluding carboxylic acids is 1. The molecule has 1 saturated carbocycles. The standard InChI is InChI=1S/C28H37FN2O3/c1-31-16-12-22(13-17-31)30-27(32)28(14-10-23(33-2)11-15-28)19-20-6-4-7-21(18-20)26-24(29)8-5-9-25(26)34-3/h4-9,18,22-23H,10-17,19H2,1-3H3,(H,30,32). The number of piperidine rings is 1. The van der Waals surface area contributed by atoms with Crippen molar-refractivity contribution in [2.75, 3.05) is 34.4 Å².